The fraction of sp³-hybridized carbons (Fsp3) is 0.389. The zero-order chi connectivity index (χ0) is 16.8. The maximum atomic E-state index is 12.7. The Morgan fingerprint density at radius 2 is 2.00 bits per heavy atom. The fourth-order valence-corrected chi connectivity index (χ4v) is 4.82. The summed E-state index contributed by atoms with van der Waals surface area (Å²) >= 11 is 7.68. The Balaban J connectivity index is 1.65. The molecule has 24 heavy (non-hydrogen) atoms. The van der Waals surface area contributed by atoms with E-state index in [0.717, 1.165) is 35.6 Å². The second kappa shape index (κ2) is 6.06. The third kappa shape index (κ3) is 2.70. The molecule has 6 heteroatoms. The smallest absolute Gasteiger partial charge is 0.256 e. The van der Waals surface area contributed by atoms with Gasteiger partial charge in [0.25, 0.3) is 5.91 Å². The standard InChI is InChI=1S/C18H20ClN3OS/c1-10(2)22-8-7-13-14(9-22)24-18-15(13)17(23)20-16(21-18)11-3-5-12(19)6-4-11/h3-6,10,16,21H,7-9H2,1-2H3,(H,20,23)/t16-/m1/s1. The van der Waals surface area contributed by atoms with E-state index < -0.39 is 0 Å². The number of fused-ring (bicyclic) bond motifs is 3. The molecule has 1 amide bonds. The van der Waals surface area contributed by atoms with Crippen LogP contribution in [0.25, 0.3) is 0 Å². The molecule has 4 nitrogen and oxygen atoms in total. The van der Waals surface area contributed by atoms with Crippen molar-refractivity contribution in [3.63, 3.8) is 0 Å². The van der Waals surface area contributed by atoms with Crippen LogP contribution in [0.4, 0.5) is 5.00 Å². The molecule has 1 aromatic heterocycles. The molecule has 4 rings (SSSR count). The molecule has 0 unspecified atom stereocenters. The Labute approximate surface area is 150 Å². The number of amides is 1. The van der Waals surface area contributed by atoms with Gasteiger partial charge in [0.15, 0.2) is 0 Å². The number of anilines is 1. The van der Waals surface area contributed by atoms with Gasteiger partial charge in [-0.3, -0.25) is 9.69 Å². The van der Waals surface area contributed by atoms with Crippen LogP contribution in [0.15, 0.2) is 24.3 Å². The maximum Gasteiger partial charge on any atom is 0.256 e. The zero-order valence-electron chi connectivity index (χ0n) is 13.7. The van der Waals surface area contributed by atoms with E-state index >= 15 is 0 Å². The summed E-state index contributed by atoms with van der Waals surface area (Å²) in [6.45, 7) is 6.40. The highest BCUT2D eigenvalue weighted by molar-refractivity contribution is 7.16. The van der Waals surface area contributed by atoms with Crippen molar-refractivity contribution in [2.45, 2.75) is 39.0 Å². The van der Waals surface area contributed by atoms with E-state index in [1.54, 1.807) is 11.3 Å². The van der Waals surface area contributed by atoms with Gasteiger partial charge in [-0.15, -0.1) is 11.3 Å². The summed E-state index contributed by atoms with van der Waals surface area (Å²) in [6.07, 6.45) is 0.739. The van der Waals surface area contributed by atoms with Crippen LogP contribution < -0.4 is 10.6 Å². The lowest BCUT2D eigenvalue weighted by Gasteiger charge is -2.31. The normalized spacial score (nSPS) is 20.3. The van der Waals surface area contributed by atoms with Crippen molar-refractivity contribution in [1.29, 1.82) is 0 Å². The molecule has 2 aromatic rings. The molecule has 2 N–H and O–H groups in total. The topological polar surface area (TPSA) is 44.4 Å². The molecule has 1 aromatic carbocycles. The van der Waals surface area contributed by atoms with Gasteiger partial charge in [0.05, 0.1) is 5.56 Å². The molecule has 0 fully saturated rings. The lowest BCUT2D eigenvalue weighted by atomic mass is 9.99. The van der Waals surface area contributed by atoms with Crippen molar-refractivity contribution in [3.8, 4) is 0 Å². The highest BCUT2D eigenvalue weighted by atomic mass is 35.5. The molecule has 2 aliphatic rings. The van der Waals surface area contributed by atoms with Crippen molar-refractivity contribution in [2.75, 3.05) is 11.9 Å². The lowest BCUT2D eigenvalue weighted by molar-refractivity contribution is 0.0934. The quantitative estimate of drug-likeness (QED) is 0.849. The molecule has 0 saturated carbocycles. The van der Waals surface area contributed by atoms with Crippen LogP contribution in [0, 0.1) is 0 Å². The summed E-state index contributed by atoms with van der Waals surface area (Å²) in [5.41, 5.74) is 3.09. The van der Waals surface area contributed by atoms with Gasteiger partial charge in [0.2, 0.25) is 0 Å². The van der Waals surface area contributed by atoms with Crippen molar-refractivity contribution in [2.24, 2.45) is 0 Å². The summed E-state index contributed by atoms with van der Waals surface area (Å²) in [5.74, 6) is 0.0270. The second-order valence-corrected chi connectivity index (χ2v) is 8.17. The second-order valence-electron chi connectivity index (χ2n) is 6.62. The summed E-state index contributed by atoms with van der Waals surface area (Å²) in [6, 6.07) is 8.11. The number of hydrogen-bond donors (Lipinski definition) is 2. The lowest BCUT2D eigenvalue weighted by Crippen LogP contribution is -2.39. The van der Waals surface area contributed by atoms with Crippen molar-refractivity contribution < 1.29 is 4.79 Å². The predicted molar refractivity (Wildman–Crippen MR) is 98.9 cm³/mol. The third-order valence-corrected chi connectivity index (χ3v) is 6.20. The average molecular weight is 362 g/mol. The van der Waals surface area contributed by atoms with Gasteiger partial charge in [0, 0.05) is 29.0 Å². The minimum atomic E-state index is -0.205. The molecule has 0 radical (unpaired) electrons. The summed E-state index contributed by atoms with van der Waals surface area (Å²) in [7, 11) is 0. The van der Waals surface area contributed by atoms with Crippen LogP contribution in [-0.4, -0.2) is 23.4 Å². The number of carbonyl (C=O) groups excluding carboxylic acids is 1. The Hall–Kier alpha value is -1.56. The van der Waals surface area contributed by atoms with Crippen LogP contribution in [0.1, 0.15) is 46.4 Å². The van der Waals surface area contributed by atoms with E-state index in [9.17, 15) is 4.79 Å². The summed E-state index contributed by atoms with van der Waals surface area (Å²) < 4.78 is 0. The first-order chi connectivity index (χ1) is 11.5. The molecule has 2 aliphatic heterocycles. The van der Waals surface area contributed by atoms with E-state index in [-0.39, 0.29) is 12.1 Å². The molecule has 3 heterocycles. The van der Waals surface area contributed by atoms with E-state index in [2.05, 4.69) is 29.4 Å². The number of benzene rings is 1. The van der Waals surface area contributed by atoms with Crippen LogP contribution in [0.5, 0.6) is 0 Å². The maximum absolute atomic E-state index is 12.7. The van der Waals surface area contributed by atoms with E-state index in [1.807, 2.05) is 24.3 Å². The van der Waals surface area contributed by atoms with E-state index in [1.165, 1.54) is 10.4 Å². The van der Waals surface area contributed by atoms with Gasteiger partial charge in [-0.05, 0) is 43.5 Å². The molecule has 1 atom stereocenters. The van der Waals surface area contributed by atoms with Gasteiger partial charge >= 0.3 is 0 Å². The predicted octanol–water partition coefficient (Wildman–Crippen LogP) is 4.02. The van der Waals surface area contributed by atoms with Crippen molar-refractivity contribution in [1.82, 2.24) is 10.2 Å². The molecule has 0 spiro atoms. The number of nitrogens with zero attached hydrogens (tertiary/aromatic N) is 1. The van der Waals surface area contributed by atoms with Gasteiger partial charge in [0.1, 0.15) is 11.2 Å². The van der Waals surface area contributed by atoms with Gasteiger partial charge < -0.3 is 10.6 Å². The highest BCUT2D eigenvalue weighted by Crippen LogP contribution is 2.41. The van der Waals surface area contributed by atoms with Crippen LogP contribution in [-0.2, 0) is 13.0 Å². The number of rotatable bonds is 2. The minimum Gasteiger partial charge on any atom is -0.353 e. The first-order valence-corrected chi connectivity index (χ1v) is 9.44. The Morgan fingerprint density at radius 1 is 1.25 bits per heavy atom. The Kier molecular flexibility index (Phi) is 4.03. The van der Waals surface area contributed by atoms with Gasteiger partial charge in [-0.2, -0.15) is 0 Å². The first kappa shape index (κ1) is 15.9. The number of thiophene rings is 1. The molecule has 0 saturated heterocycles. The van der Waals surface area contributed by atoms with Crippen molar-refractivity contribution in [3.05, 3.63) is 50.9 Å². The van der Waals surface area contributed by atoms with Gasteiger partial charge in [-0.1, -0.05) is 23.7 Å². The summed E-state index contributed by atoms with van der Waals surface area (Å²) in [4.78, 5) is 16.5. The monoisotopic (exact) mass is 361 g/mol. The minimum absolute atomic E-state index is 0.0270. The largest absolute Gasteiger partial charge is 0.353 e. The number of hydrogen-bond acceptors (Lipinski definition) is 4. The molecular formula is C18H20ClN3OS. The number of carbonyl (C=O) groups is 1. The molecule has 0 bridgehead atoms. The Morgan fingerprint density at radius 3 is 2.71 bits per heavy atom. The molecule has 126 valence electrons. The molecule has 0 aliphatic carbocycles. The van der Waals surface area contributed by atoms with Crippen LogP contribution in [0.2, 0.25) is 5.02 Å². The third-order valence-electron chi connectivity index (χ3n) is 4.80. The van der Waals surface area contributed by atoms with E-state index in [4.69, 9.17) is 11.6 Å². The highest BCUT2D eigenvalue weighted by Gasteiger charge is 2.33. The Bertz CT molecular complexity index is 784. The SMILES string of the molecule is CC(C)N1CCc2c(sc3c2C(=O)N[C@@H](c2ccc(Cl)cc2)N3)C1. The molecular weight excluding hydrogens is 342 g/mol. The average Bonchev–Trinajstić information content (AvgIpc) is 2.93. The van der Waals surface area contributed by atoms with E-state index in [0.29, 0.717) is 11.1 Å². The fourth-order valence-electron chi connectivity index (χ4n) is 3.40. The van der Waals surface area contributed by atoms with Crippen molar-refractivity contribution >= 4 is 33.8 Å². The van der Waals surface area contributed by atoms with Crippen LogP contribution in [0.3, 0.4) is 0 Å². The number of nitrogens with one attached hydrogen (secondary N) is 2. The summed E-state index contributed by atoms with van der Waals surface area (Å²) in [5, 5.41) is 8.26. The first-order valence-electron chi connectivity index (χ1n) is 8.24. The van der Waals surface area contributed by atoms with Gasteiger partial charge in [-0.25, -0.2) is 0 Å². The zero-order valence-corrected chi connectivity index (χ0v) is 15.3. The van der Waals surface area contributed by atoms with Crippen LogP contribution >= 0.6 is 22.9 Å². The number of halogens is 1.